The number of allylic oxidation sites excluding steroid dienone is 1. The van der Waals surface area contributed by atoms with Crippen molar-refractivity contribution in [2.45, 2.75) is 52.5 Å². The molecule has 1 amide bonds. The molecule has 3 rings (SSSR count). The minimum Gasteiger partial charge on any atom is -0.463 e. The fraction of sp³-hybridized carbons (Fsp3) is 0.346. The van der Waals surface area contributed by atoms with E-state index in [1.807, 2.05) is 24.3 Å². The average molecular weight is 417 g/mol. The molecule has 2 aromatic carbocycles. The Balaban J connectivity index is 2.03. The first-order chi connectivity index (χ1) is 14.9. The van der Waals surface area contributed by atoms with Gasteiger partial charge >= 0.3 is 5.97 Å². The maximum absolute atomic E-state index is 13.2. The smallest absolute Gasteiger partial charge is 0.336 e. The molecule has 1 atom stereocenters. The van der Waals surface area contributed by atoms with Gasteiger partial charge in [-0.2, -0.15) is 5.26 Å². The maximum atomic E-state index is 13.2. The van der Waals surface area contributed by atoms with Crippen molar-refractivity contribution >= 4 is 11.9 Å². The maximum Gasteiger partial charge on any atom is 0.336 e. The Bertz CT molecular complexity index is 1050. The second kappa shape index (κ2) is 9.61. The highest BCUT2D eigenvalue weighted by Crippen LogP contribution is 2.38. The molecule has 2 aromatic rings. The van der Waals surface area contributed by atoms with Crippen molar-refractivity contribution in [3.63, 3.8) is 0 Å². The molecule has 5 nitrogen and oxygen atoms in total. The molecule has 0 bridgehead atoms. The van der Waals surface area contributed by atoms with Crippen LogP contribution < -0.4 is 0 Å². The lowest BCUT2D eigenvalue weighted by molar-refractivity contribution is -0.140. The molecule has 0 aliphatic carbocycles. The van der Waals surface area contributed by atoms with Gasteiger partial charge in [-0.25, -0.2) is 4.79 Å². The molecule has 1 aliphatic rings. The van der Waals surface area contributed by atoms with Crippen LogP contribution in [0.25, 0.3) is 0 Å². The Morgan fingerprint density at radius 1 is 1.19 bits per heavy atom. The van der Waals surface area contributed by atoms with E-state index in [0.29, 0.717) is 22.8 Å². The third-order valence-corrected chi connectivity index (χ3v) is 5.79. The van der Waals surface area contributed by atoms with E-state index < -0.39 is 5.97 Å². The van der Waals surface area contributed by atoms with Crippen molar-refractivity contribution in [3.8, 4) is 6.07 Å². The van der Waals surface area contributed by atoms with Crippen LogP contribution in [-0.2, 0) is 20.9 Å². The van der Waals surface area contributed by atoms with Crippen molar-refractivity contribution in [3.05, 3.63) is 82.1 Å². The van der Waals surface area contributed by atoms with Gasteiger partial charge in [-0.3, -0.25) is 4.79 Å². The quantitative estimate of drug-likeness (QED) is 0.619. The number of carbonyl (C=O) groups excluding carboxylic acids is 2. The Morgan fingerprint density at radius 3 is 2.48 bits per heavy atom. The van der Waals surface area contributed by atoms with Crippen LogP contribution in [0.15, 0.2) is 59.8 Å². The molecular formula is C26H28N2O3. The van der Waals surface area contributed by atoms with Crippen molar-refractivity contribution in [2.24, 2.45) is 0 Å². The zero-order chi connectivity index (χ0) is 22.5. The fourth-order valence-corrected chi connectivity index (χ4v) is 4.01. The summed E-state index contributed by atoms with van der Waals surface area (Å²) in [5, 5.41) is 9.40. The number of nitriles is 1. The van der Waals surface area contributed by atoms with Gasteiger partial charge in [-0.1, -0.05) is 56.3 Å². The third kappa shape index (κ3) is 4.69. The zero-order valence-electron chi connectivity index (χ0n) is 18.5. The predicted molar refractivity (Wildman–Crippen MR) is 119 cm³/mol. The van der Waals surface area contributed by atoms with Gasteiger partial charge in [0, 0.05) is 18.0 Å². The molecule has 1 unspecified atom stereocenters. The minimum absolute atomic E-state index is 0.0729. The zero-order valence-corrected chi connectivity index (χ0v) is 18.5. The number of amides is 1. The molecule has 5 heteroatoms. The third-order valence-electron chi connectivity index (χ3n) is 5.79. The first-order valence-corrected chi connectivity index (χ1v) is 10.6. The molecule has 0 saturated heterocycles. The minimum atomic E-state index is -0.399. The van der Waals surface area contributed by atoms with E-state index in [0.717, 1.165) is 11.1 Å². The predicted octanol–water partition coefficient (Wildman–Crippen LogP) is 5.03. The van der Waals surface area contributed by atoms with Gasteiger partial charge in [-0.15, -0.1) is 0 Å². The van der Waals surface area contributed by atoms with Crippen LogP contribution in [0.1, 0.15) is 68.2 Å². The molecule has 1 aliphatic heterocycles. The average Bonchev–Trinajstić information content (AvgIpc) is 2.76. The summed E-state index contributed by atoms with van der Waals surface area (Å²) >= 11 is 0. The van der Waals surface area contributed by atoms with Crippen molar-refractivity contribution in [2.75, 3.05) is 6.61 Å². The van der Waals surface area contributed by atoms with Crippen LogP contribution in [0.2, 0.25) is 0 Å². The van der Waals surface area contributed by atoms with E-state index in [1.54, 1.807) is 30.9 Å². The van der Waals surface area contributed by atoms with Gasteiger partial charge in [-0.05, 0) is 42.5 Å². The lowest BCUT2D eigenvalue weighted by atomic mass is 9.83. The highest BCUT2D eigenvalue weighted by molar-refractivity contribution is 5.95. The summed E-state index contributed by atoms with van der Waals surface area (Å²) in [5.74, 6) is -0.421. The molecular weight excluding hydrogens is 388 g/mol. The number of hydrogen-bond donors (Lipinski definition) is 0. The van der Waals surface area contributed by atoms with Crippen LogP contribution in [0, 0.1) is 11.3 Å². The highest BCUT2D eigenvalue weighted by Gasteiger charge is 2.37. The Hall–Kier alpha value is -3.39. The number of rotatable bonds is 6. The topological polar surface area (TPSA) is 70.4 Å². The SMILES string of the molecule is CCOC(=O)C1=C(C)N(Cc2ccccc2C#N)C(=O)CC1c1ccc(C(C)C)cc1. The first kappa shape index (κ1) is 22.3. The summed E-state index contributed by atoms with van der Waals surface area (Å²) in [7, 11) is 0. The monoisotopic (exact) mass is 416 g/mol. The van der Waals surface area contributed by atoms with Gasteiger partial charge in [0.25, 0.3) is 0 Å². The van der Waals surface area contributed by atoms with Crippen LogP contribution in [0.4, 0.5) is 0 Å². The Morgan fingerprint density at radius 2 is 1.87 bits per heavy atom. The molecule has 1 heterocycles. The molecule has 31 heavy (non-hydrogen) atoms. The van der Waals surface area contributed by atoms with E-state index >= 15 is 0 Å². The van der Waals surface area contributed by atoms with Gasteiger partial charge < -0.3 is 9.64 Å². The molecule has 0 N–H and O–H groups in total. The normalized spacial score (nSPS) is 16.5. The number of benzene rings is 2. The van der Waals surface area contributed by atoms with Gasteiger partial charge in [0.15, 0.2) is 0 Å². The summed E-state index contributed by atoms with van der Waals surface area (Å²) in [5.41, 5.74) is 4.50. The molecule has 160 valence electrons. The lowest BCUT2D eigenvalue weighted by Gasteiger charge is -2.34. The van der Waals surface area contributed by atoms with E-state index in [-0.39, 0.29) is 31.4 Å². The summed E-state index contributed by atoms with van der Waals surface area (Å²) in [4.78, 5) is 27.7. The van der Waals surface area contributed by atoms with Crippen molar-refractivity contribution in [1.29, 1.82) is 5.26 Å². The number of nitrogens with zero attached hydrogens (tertiary/aromatic N) is 2. The highest BCUT2D eigenvalue weighted by atomic mass is 16.5. The molecule has 0 fully saturated rings. The number of hydrogen-bond acceptors (Lipinski definition) is 4. The Kier molecular flexibility index (Phi) is 6.91. The van der Waals surface area contributed by atoms with Crippen molar-refractivity contribution in [1.82, 2.24) is 4.90 Å². The molecule has 0 spiro atoms. The summed E-state index contributed by atoms with van der Waals surface area (Å²) in [6.07, 6.45) is 0.182. The second-order valence-corrected chi connectivity index (χ2v) is 8.05. The Labute approximate surface area is 183 Å². The van der Waals surface area contributed by atoms with Gasteiger partial charge in [0.05, 0.1) is 30.4 Å². The van der Waals surface area contributed by atoms with Crippen LogP contribution in [-0.4, -0.2) is 23.4 Å². The standard InChI is InChI=1S/C26H28N2O3/c1-5-31-26(30)25-18(4)28(16-22-9-7-6-8-21(22)15-27)24(29)14-23(25)20-12-10-19(11-13-20)17(2)3/h6-13,17,23H,5,14,16H2,1-4H3. The van der Waals surface area contributed by atoms with E-state index in [9.17, 15) is 14.9 Å². The second-order valence-electron chi connectivity index (χ2n) is 8.05. The number of esters is 1. The number of ether oxygens (including phenoxy) is 1. The van der Waals surface area contributed by atoms with E-state index in [1.165, 1.54) is 5.56 Å². The lowest BCUT2D eigenvalue weighted by Crippen LogP contribution is -2.38. The van der Waals surface area contributed by atoms with Crippen molar-refractivity contribution < 1.29 is 14.3 Å². The van der Waals surface area contributed by atoms with E-state index in [4.69, 9.17) is 4.74 Å². The fourth-order valence-electron chi connectivity index (χ4n) is 4.01. The summed E-state index contributed by atoms with van der Waals surface area (Å²) in [6, 6.07) is 17.5. The summed E-state index contributed by atoms with van der Waals surface area (Å²) < 4.78 is 5.36. The van der Waals surface area contributed by atoms with Crippen LogP contribution in [0.3, 0.4) is 0 Å². The molecule has 0 saturated carbocycles. The largest absolute Gasteiger partial charge is 0.463 e. The van der Waals surface area contributed by atoms with E-state index in [2.05, 4.69) is 32.0 Å². The first-order valence-electron chi connectivity index (χ1n) is 10.6. The number of carbonyl (C=O) groups is 2. The summed E-state index contributed by atoms with van der Waals surface area (Å²) in [6.45, 7) is 8.33. The van der Waals surface area contributed by atoms with Gasteiger partial charge in [0.2, 0.25) is 5.91 Å². The van der Waals surface area contributed by atoms with Gasteiger partial charge in [0.1, 0.15) is 0 Å². The molecule has 0 aromatic heterocycles. The van der Waals surface area contributed by atoms with Crippen LogP contribution >= 0.6 is 0 Å². The molecule has 0 radical (unpaired) electrons. The van der Waals surface area contributed by atoms with Crippen LogP contribution in [0.5, 0.6) is 0 Å².